The Bertz CT molecular complexity index is 1240. The summed E-state index contributed by atoms with van der Waals surface area (Å²) in [6.07, 6.45) is 77.2. The van der Waals surface area contributed by atoms with Gasteiger partial charge in [-0.1, -0.05) is 301 Å². The van der Waals surface area contributed by atoms with Gasteiger partial charge in [0.25, 0.3) is 0 Å². The molecule has 0 aliphatic carbocycles. The van der Waals surface area contributed by atoms with Crippen molar-refractivity contribution in [3.63, 3.8) is 0 Å². The van der Waals surface area contributed by atoms with Crippen LogP contribution in [-0.4, -0.2) is 37.2 Å². The fourth-order valence-electron chi connectivity index (χ4n) is 9.88. The van der Waals surface area contributed by atoms with Crippen molar-refractivity contribution in [3.05, 3.63) is 36.5 Å². The summed E-state index contributed by atoms with van der Waals surface area (Å²) in [7, 11) is 0. The number of carbonyl (C=O) groups is 3. The predicted molar refractivity (Wildman–Crippen MR) is 321 cm³/mol. The molecule has 0 aromatic heterocycles. The second-order valence-electron chi connectivity index (χ2n) is 22.4. The summed E-state index contributed by atoms with van der Waals surface area (Å²) in [4.78, 5) is 38.3. The van der Waals surface area contributed by atoms with Crippen molar-refractivity contribution in [2.24, 2.45) is 0 Å². The molecule has 0 rings (SSSR count). The number of unbranched alkanes of at least 4 members (excludes halogenated alkanes) is 44. The van der Waals surface area contributed by atoms with Gasteiger partial charge in [0.05, 0.1) is 0 Å². The van der Waals surface area contributed by atoms with Gasteiger partial charge in [-0.2, -0.15) is 0 Å². The van der Waals surface area contributed by atoms with E-state index in [4.69, 9.17) is 14.2 Å². The van der Waals surface area contributed by atoms with Gasteiger partial charge in [-0.25, -0.2) is 0 Å². The maximum atomic E-state index is 12.9. The molecule has 0 saturated carbocycles. The van der Waals surface area contributed by atoms with Crippen molar-refractivity contribution in [2.75, 3.05) is 13.2 Å². The topological polar surface area (TPSA) is 78.9 Å². The molecule has 0 bridgehead atoms. The van der Waals surface area contributed by atoms with Crippen molar-refractivity contribution >= 4 is 17.9 Å². The third-order valence-electron chi connectivity index (χ3n) is 14.9. The molecule has 6 heteroatoms. The van der Waals surface area contributed by atoms with Crippen LogP contribution in [0.5, 0.6) is 0 Å². The summed E-state index contributed by atoms with van der Waals surface area (Å²) in [6, 6.07) is 0. The minimum atomic E-state index is -0.774. The molecule has 0 aliphatic heterocycles. The van der Waals surface area contributed by atoms with E-state index in [2.05, 4.69) is 57.2 Å². The van der Waals surface area contributed by atoms with Crippen LogP contribution in [0.25, 0.3) is 0 Å². The second-order valence-corrected chi connectivity index (χ2v) is 22.4. The first-order valence-electron chi connectivity index (χ1n) is 33.0. The quantitative estimate of drug-likeness (QED) is 0.0261. The monoisotopic (exact) mass is 1040 g/mol. The SMILES string of the molecule is CCCCCCC/C=C\C/C=C\CCCCCCCCCCCCCC(=O)OCC(COC(=O)CCCCCCC/C=C\CCCCCCC)OC(=O)CCCCCCCCCCCCCCCCCCCCC. The van der Waals surface area contributed by atoms with Crippen LogP contribution in [0.3, 0.4) is 0 Å². The molecule has 0 saturated heterocycles. The Labute approximate surface area is 461 Å². The van der Waals surface area contributed by atoms with Crippen LogP contribution in [0.1, 0.15) is 361 Å². The third-order valence-corrected chi connectivity index (χ3v) is 14.9. The molecule has 1 atom stereocenters. The number of esters is 3. The highest BCUT2D eigenvalue weighted by atomic mass is 16.6. The Hall–Kier alpha value is -2.37. The van der Waals surface area contributed by atoms with E-state index in [-0.39, 0.29) is 31.1 Å². The van der Waals surface area contributed by atoms with E-state index in [1.54, 1.807) is 0 Å². The van der Waals surface area contributed by atoms with E-state index >= 15 is 0 Å². The number of ether oxygens (including phenoxy) is 3. The Morgan fingerprint density at radius 2 is 0.486 bits per heavy atom. The highest BCUT2D eigenvalue weighted by molar-refractivity contribution is 5.71. The Balaban J connectivity index is 4.29. The number of hydrogen-bond acceptors (Lipinski definition) is 6. The van der Waals surface area contributed by atoms with Gasteiger partial charge in [0, 0.05) is 19.3 Å². The van der Waals surface area contributed by atoms with Crippen LogP contribution >= 0.6 is 0 Å². The molecule has 74 heavy (non-hydrogen) atoms. The standard InChI is InChI=1S/C68H126O6/c1-4-7-10-13-16-19-22-25-28-30-32-33-34-35-37-38-40-43-46-49-52-55-58-61-67(70)73-64-65(63-72-66(69)60-57-54-51-48-45-42-27-24-21-18-15-12-9-6-3)74-68(71)62-59-56-53-50-47-44-41-39-36-31-29-26-23-20-17-14-11-8-5-2/h22,24-25,27,30,32,65H,4-21,23,26,28-29,31,33-64H2,1-3H3/b25-22-,27-24-,32-30-. The molecular formula is C68H126O6. The molecule has 1 unspecified atom stereocenters. The lowest BCUT2D eigenvalue weighted by atomic mass is 10.0. The van der Waals surface area contributed by atoms with Gasteiger partial charge < -0.3 is 14.2 Å². The lowest BCUT2D eigenvalue weighted by molar-refractivity contribution is -0.167. The summed E-state index contributed by atoms with van der Waals surface area (Å²) >= 11 is 0. The van der Waals surface area contributed by atoms with Gasteiger partial charge in [-0.05, 0) is 77.0 Å². The zero-order chi connectivity index (χ0) is 53.6. The van der Waals surface area contributed by atoms with E-state index in [9.17, 15) is 14.4 Å². The molecule has 6 nitrogen and oxygen atoms in total. The fourth-order valence-corrected chi connectivity index (χ4v) is 9.88. The van der Waals surface area contributed by atoms with Crippen LogP contribution in [0.4, 0.5) is 0 Å². The number of allylic oxidation sites excluding steroid dienone is 6. The Morgan fingerprint density at radius 3 is 0.757 bits per heavy atom. The highest BCUT2D eigenvalue weighted by Gasteiger charge is 2.19. The molecular weight excluding hydrogens is 913 g/mol. The van der Waals surface area contributed by atoms with Crippen molar-refractivity contribution in [3.8, 4) is 0 Å². The van der Waals surface area contributed by atoms with Crippen LogP contribution in [0, 0.1) is 0 Å². The van der Waals surface area contributed by atoms with Crippen LogP contribution in [0.2, 0.25) is 0 Å². The van der Waals surface area contributed by atoms with Crippen molar-refractivity contribution in [2.45, 2.75) is 367 Å². The molecule has 0 aliphatic rings. The lowest BCUT2D eigenvalue weighted by Crippen LogP contribution is -2.30. The summed E-state index contributed by atoms with van der Waals surface area (Å²) in [5, 5.41) is 0. The minimum absolute atomic E-state index is 0.0714. The molecule has 434 valence electrons. The second kappa shape index (κ2) is 63.2. The van der Waals surface area contributed by atoms with Crippen LogP contribution in [0.15, 0.2) is 36.5 Å². The highest BCUT2D eigenvalue weighted by Crippen LogP contribution is 2.18. The molecule has 0 amide bonds. The van der Waals surface area contributed by atoms with Crippen LogP contribution in [-0.2, 0) is 28.6 Å². The maximum absolute atomic E-state index is 12.9. The molecule has 0 spiro atoms. The van der Waals surface area contributed by atoms with Gasteiger partial charge in [-0.3, -0.25) is 14.4 Å². The molecule has 0 aromatic carbocycles. The van der Waals surface area contributed by atoms with E-state index in [1.807, 2.05) is 0 Å². The van der Waals surface area contributed by atoms with Crippen LogP contribution < -0.4 is 0 Å². The Kier molecular flexibility index (Phi) is 61.1. The van der Waals surface area contributed by atoms with Crippen molar-refractivity contribution in [1.82, 2.24) is 0 Å². The maximum Gasteiger partial charge on any atom is 0.306 e. The van der Waals surface area contributed by atoms with Gasteiger partial charge in [0.15, 0.2) is 6.10 Å². The fraction of sp³-hybridized carbons (Fsp3) is 0.868. The molecule has 0 heterocycles. The van der Waals surface area contributed by atoms with E-state index in [0.29, 0.717) is 19.3 Å². The van der Waals surface area contributed by atoms with Crippen molar-refractivity contribution < 1.29 is 28.6 Å². The van der Waals surface area contributed by atoms with Gasteiger partial charge in [0.2, 0.25) is 0 Å². The zero-order valence-electron chi connectivity index (χ0n) is 49.9. The van der Waals surface area contributed by atoms with Gasteiger partial charge >= 0.3 is 17.9 Å². The predicted octanol–water partition coefficient (Wildman–Crippen LogP) is 22.4. The van der Waals surface area contributed by atoms with E-state index in [0.717, 1.165) is 70.6 Å². The summed E-state index contributed by atoms with van der Waals surface area (Å²) in [5.41, 5.74) is 0. The van der Waals surface area contributed by atoms with Crippen molar-refractivity contribution in [1.29, 1.82) is 0 Å². The minimum Gasteiger partial charge on any atom is -0.462 e. The first-order chi connectivity index (χ1) is 36.5. The van der Waals surface area contributed by atoms with E-state index in [1.165, 1.54) is 250 Å². The van der Waals surface area contributed by atoms with Gasteiger partial charge in [0.1, 0.15) is 13.2 Å². The smallest absolute Gasteiger partial charge is 0.306 e. The van der Waals surface area contributed by atoms with E-state index < -0.39 is 6.10 Å². The number of hydrogen-bond donors (Lipinski definition) is 0. The summed E-state index contributed by atoms with van der Waals surface area (Å²) in [6.45, 7) is 6.68. The molecule has 0 radical (unpaired) electrons. The third kappa shape index (κ3) is 60.5. The first kappa shape index (κ1) is 71.6. The molecule has 0 aromatic rings. The molecule has 0 N–H and O–H groups in total. The zero-order valence-corrected chi connectivity index (χ0v) is 49.9. The normalized spacial score (nSPS) is 12.2. The summed E-state index contributed by atoms with van der Waals surface area (Å²) < 4.78 is 17.0. The van der Waals surface area contributed by atoms with Gasteiger partial charge in [-0.15, -0.1) is 0 Å². The largest absolute Gasteiger partial charge is 0.462 e. The Morgan fingerprint density at radius 1 is 0.270 bits per heavy atom. The average Bonchev–Trinajstić information content (AvgIpc) is 3.40. The number of carbonyl (C=O) groups excluding carboxylic acids is 3. The average molecular weight is 1040 g/mol. The first-order valence-corrected chi connectivity index (χ1v) is 33.0. The number of rotatable bonds is 61. The lowest BCUT2D eigenvalue weighted by Gasteiger charge is -2.18. The molecule has 0 fully saturated rings. The summed E-state index contributed by atoms with van der Waals surface area (Å²) in [5.74, 6) is -0.856.